The molecule has 1 saturated carbocycles. The fourth-order valence-corrected chi connectivity index (χ4v) is 3.58. The van der Waals surface area contributed by atoms with E-state index in [1.54, 1.807) is 0 Å². The largest absolute Gasteiger partial charge is 0.323 e. The zero-order chi connectivity index (χ0) is 10.7. The molecule has 1 unspecified atom stereocenters. The predicted molar refractivity (Wildman–Crippen MR) is 67.2 cm³/mol. The number of rotatable bonds is 4. The van der Waals surface area contributed by atoms with Crippen LogP contribution < -0.4 is 5.73 Å². The Balaban J connectivity index is 1.81. The minimum absolute atomic E-state index is 0.283. The first kappa shape index (κ1) is 11.2. The molecule has 15 heavy (non-hydrogen) atoms. The molecule has 0 bridgehead atoms. The highest BCUT2D eigenvalue weighted by atomic mass is 32.1. The van der Waals surface area contributed by atoms with Crippen LogP contribution in [0.2, 0.25) is 0 Å². The molecule has 84 valence electrons. The van der Waals surface area contributed by atoms with Crippen LogP contribution >= 0.6 is 11.3 Å². The van der Waals surface area contributed by atoms with E-state index in [1.165, 1.54) is 49.0 Å². The van der Waals surface area contributed by atoms with Crippen molar-refractivity contribution in [3.63, 3.8) is 0 Å². The van der Waals surface area contributed by atoms with Gasteiger partial charge >= 0.3 is 0 Å². The van der Waals surface area contributed by atoms with Crippen molar-refractivity contribution in [2.75, 3.05) is 0 Å². The van der Waals surface area contributed by atoms with E-state index in [9.17, 15) is 0 Å². The predicted octanol–water partition coefficient (Wildman–Crippen LogP) is 4.03. The molecule has 2 N–H and O–H groups in total. The van der Waals surface area contributed by atoms with Gasteiger partial charge in [0.25, 0.3) is 0 Å². The Bertz CT molecular complexity index is 299. The highest BCUT2D eigenvalue weighted by Gasteiger charge is 2.17. The number of thiophene rings is 1. The van der Waals surface area contributed by atoms with Crippen LogP contribution in [-0.2, 0) is 0 Å². The summed E-state index contributed by atoms with van der Waals surface area (Å²) in [6.45, 7) is 2.17. The lowest BCUT2D eigenvalue weighted by atomic mass is 9.97. The van der Waals surface area contributed by atoms with Gasteiger partial charge in [0, 0.05) is 10.9 Å². The molecule has 1 aliphatic carbocycles. The van der Waals surface area contributed by atoms with Gasteiger partial charge in [-0.15, -0.1) is 11.3 Å². The average Bonchev–Trinajstić information content (AvgIpc) is 2.84. The van der Waals surface area contributed by atoms with Gasteiger partial charge in [0.05, 0.1) is 0 Å². The van der Waals surface area contributed by atoms with Crippen molar-refractivity contribution in [2.45, 2.75) is 51.5 Å². The van der Waals surface area contributed by atoms with Gasteiger partial charge in [-0.2, -0.15) is 0 Å². The van der Waals surface area contributed by atoms with Gasteiger partial charge in [-0.05, 0) is 42.7 Å². The molecule has 0 aliphatic heterocycles. The molecule has 1 aromatic rings. The molecule has 0 spiro atoms. The van der Waals surface area contributed by atoms with Gasteiger partial charge in [-0.25, -0.2) is 0 Å². The molecular formula is C13H21NS. The van der Waals surface area contributed by atoms with Gasteiger partial charge in [-0.1, -0.05) is 25.7 Å². The average molecular weight is 223 g/mol. The second-order valence-corrected chi connectivity index (χ2v) is 5.75. The SMILES string of the molecule is Cc1ccsc1C(N)CCC1CCCC1. The molecule has 1 aliphatic rings. The molecule has 0 amide bonds. The number of hydrogen-bond donors (Lipinski definition) is 1. The topological polar surface area (TPSA) is 26.0 Å². The quantitative estimate of drug-likeness (QED) is 0.819. The molecule has 1 nitrogen and oxygen atoms in total. The van der Waals surface area contributed by atoms with Crippen LogP contribution in [0.3, 0.4) is 0 Å². The summed E-state index contributed by atoms with van der Waals surface area (Å²) in [7, 11) is 0. The monoisotopic (exact) mass is 223 g/mol. The van der Waals surface area contributed by atoms with Crippen molar-refractivity contribution >= 4 is 11.3 Å². The molecule has 2 rings (SSSR count). The maximum atomic E-state index is 6.23. The Hall–Kier alpha value is -0.340. The van der Waals surface area contributed by atoms with Gasteiger partial charge in [0.2, 0.25) is 0 Å². The van der Waals surface area contributed by atoms with Gasteiger partial charge < -0.3 is 5.73 Å². The summed E-state index contributed by atoms with van der Waals surface area (Å²) in [5.74, 6) is 0.969. The highest BCUT2D eigenvalue weighted by Crippen LogP contribution is 2.32. The third-order valence-corrected chi connectivity index (χ3v) is 4.75. The molecule has 1 heterocycles. The van der Waals surface area contributed by atoms with Crippen molar-refractivity contribution in [3.05, 3.63) is 21.9 Å². The maximum absolute atomic E-state index is 6.23. The minimum Gasteiger partial charge on any atom is -0.323 e. The zero-order valence-corrected chi connectivity index (χ0v) is 10.4. The van der Waals surface area contributed by atoms with Gasteiger partial charge in [-0.3, -0.25) is 0 Å². The Morgan fingerprint density at radius 2 is 2.20 bits per heavy atom. The summed E-state index contributed by atoms with van der Waals surface area (Å²) >= 11 is 1.82. The second kappa shape index (κ2) is 5.13. The van der Waals surface area contributed by atoms with Crippen molar-refractivity contribution in [1.29, 1.82) is 0 Å². The molecular weight excluding hydrogens is 202 g/mol. The molecule has 0 aromatic carbocycles. The van der Waals surface area contributed by atoms with E-state index in [2.05, 4.69) is 18.4 Å². The normalized spacial score (nSPS) is 19.6. The van der Waals surface area contributed by atoms with Crippen molar-refractivity contribution in [2.24, 2.45) is 11.7 Å². The van der Waals surface area contributed by atoms with Gasteiger partial charge in [0.1, 0.15) is 0 Å². The zero-order valence-electron chi connectivity index (χ0n) is 9.54. The maximum Gasteiger partial charge on any atom is 0.0392 e. The smallest absolute Gasteiger partial charge is 0.0392 e. The van der Waals surface area contributed by atoms with Gasteiger partial charge in [0.15, 0.2) is 0 Å². The third-order valence-electron chi connectivity index (χ3n) is 3.60. The van der Waals surface area contributed by atoms with Crippen molar-refractivity contribution < 1.29 is 0 Å². The van der Waals surface area contributed by atoms with E-state index >= 15 is 0 Å². The van der Waals surface area contributed by atoms with E-state index in [1.807, 2.05) is 11.3 Å². The first-order valence-electron chi connectivity index (χ1n) is 6.07. The van der Waals surface area contributed by atoms with E-state index in [0.29, 0.717) is 0 Å². The van der Waals surface area contributed by atoms with Crippen LogP contribution in [-0.4, -0.2) is 0 Å². The Morgan fingerprint density at radius 1 is 1.47 bits per heavy atom. The second-order valence-electron chi connectivity index (χ2n) is 4.80. The Labute approximate surface area is 96.7 Å². The van der Waals surface area contributed by atoms with Crippen LogP contribution in [0.15, 0.2) is 11.4 Å². The number of hydrogen-bond acceptors (Lipinski definition) is 2. The van der Waals surface area contributed by atoms with E-state index in [-0.39, 0.29) is 6.04 Å². The van der Waals surface area contributed by atoms with Crippen LogP contribution in [0.5, 0.6) is 0 Å². The summed E-state index contributed by atoms with van der Waals surface area (Å²) in [6.07, 6.45) is 8.27. The summed E-state index contributed by atoms with van der Waals surface area (Å²) in [5, 5.41) is 2.15. The lowest BCUT2D eigenvalue weighted by Crippen LogP contribution is -2.11. The third kappa shape index (κ3) is 2.82. The fourth-order valence-electron chi connectivity index (χ4n) is 2.61. The Kier molecular flexibility index (Phi) is 3.81. The van der Waals surface area contributed by atoms with Crippen molar-refractivity contribution in [3.8, 4) is 0 Å². The summed E-state index contributed by atoms with van der Waals surface area (Å²) in [6, 6.07) is 2.46. The number of aryl methyl sites for hydroxylation is 1. The molecule has 1 atom stereocenters. The van der Waals surface area contributed by atoms with Crippen LogP contribution in [0, 0.1) is 12.8 Å². The first-order chi connectivity index (χ1) is 7.27. The van der Waals surface area contributed by atoms with Crippen molar-refractivity contribution in [1.82, 2.24) is 0 Å². The number of nitrogens with two attached hydrogens (primary N) is 1. The summed E-state index contributed by atoms with van der Waals surface area (Å²) in [4.78, 5) is 1.40. The van der Waals surface area contributed by atoms with E-state index < -0.39 is 0 Å². The van der Waals surface area contributed by atoms with Crippen LogP contribution in [0.4, 0.5) is 0 Å². The molecule has 1 fully saturated rings. The fraction of sp³-hybridized carbons (Fsp3) is 0.692. The van der Waals surface area contributed by atoms with E-state index in [4.69, 9.17) is 5.73 Å². The molecule has 2 heteroatoms. The first-order valence-corrected chi connectivity index (χ1v) is 6.95. The Morgan fingerprint density at radius 3 is 2.80 bits per heavy atom. The molecule has 1 aromatic heterocycles. The summed E-state index contributed by atoms with van der Waals surface area (Å²) < 4.78 is 0. The molecule has 0 radical (unpaired) electrons. The van der Waals surface area contributed by atoms with Crippen LogP contribution in [0.25, 0.3) is 0 Å². The minimum atomic E-state index is 0.283. The standard InChI is InChI=1S/C13H21NS/c1-10-8-9-15-13(10)12(14)7-6-11-4-2-3-5-11/h8-9,11-12H,2-7,14H2,1H3. The highest BCUT2D eigenvalue weighted by molar-refractivity contribution is 7.10. The lowest BCUT2D eigenvalue weighted by molar-refractivity contribution is 0.455. The van der Waals surface area contributed by atoms with E-state index in [0.717, 1.165) is 5.92 Å². The summed E-state index contributed by atoms with van der Waals surface area (Å²) in [5.41, 5.74) is 7.60. The lowest BCUT2D eigenvalue weighted by Gasteiger charge is -2.14. The van der Waals surface area contributed by atoms with Crippen LogP contribution in [0.1, 0.15) is 55.0 Å². The molecule has 0 saturated heterocycles.